The van der Waals surface area contributed by atoms with Crippen LogP contribution in [0.3, 0.4) is 0 Å². The van der Waals surface area contributed by atoms with E-state index in [2.05, 4.69) is 186 Å². The molecule has 5 nitrogen and oxygen atoms in total. The summed E-state index contributed by atoms with van der Waals surface area (Å²) in [4.78, 5) is 4.71. The van der Waals surface area contributed by atoms with Crippen molar-refractivity contribution < 1.29 is 13.9 Å². The number of benzene rings is 10. The lowest BCUT2D eigenvalue weighted by atomic mass is 9.93. The van der Waals surface area contributed by atoms with Gasteiger partial charge in [0.1, 0.15) is 11.2 Å². The van der Waals surface area contributed by atoms with E-state index < -0.39 is 0 Å². The van der Waals surface area contributed by atoms with Gasteiger partial charge in [0.05, 0.1) is 21.8 Å². The lowest BCUT2D eigenvalue weighted by molar-refractivity contribution is 0.360. The first-order chi connectivity index (χ1) is 31.7. The van der Waals surface area contributed by atoms with Crippen LogP contribution in [0.2, 0.25) is 0 Å². The minimum atomic E-state index is 0.676. The highest BCUT2D eigenvalue weighted by Crippen LogP contribution is 2.52. The average Bonchev–Trinajstić information content (AvgIpc) is 3.93. The molecule has 64 heavy (non-hydrogen) atoms. The van der Waals surface area contributed by atoms with E-state index in [1.165, 1.54) is 36.7 Å². The zero-order valence-corrected chi connectivity index (χ0v) is 35.1. The summed E-state index contributed by atoms with van der Waals surface area (Å²) < 4.78 is 21.4. The van der Waals surface area contributed by atoms with Crippen molar-refractivity contribution in [3.63, 3.8) is 0 Å². The molecule has 1 aliphatic heterocycles. The number of thiophene rings is 1. The Morgan fingerprint density at radius 2 is 0.922 bits per heavy atom. The molecular formula is C58H36N2O3S. The third-order valence-corrected chi connectivity index (χ3v) is 13.5. The Balaban J connectivity index is 1.00. The third kappa shape index (κ3) is 5.84. The monoisotopic (exact) mass is 840 g/mol. The molecule has 3 heterocycles. The molecule has 2 aromatic heterocycles. The van der Waals surface area contributed by atoms with E-state index in [9.17, 15) is 0 Å². The van der Waals surface area contributed by atoms with Crippen LogP contribution in [0.25, 0.3) is 64.0 Å². The smallest absolute Gasteiger partial charge is 0.172 e. The summed E-state index contributed by atoms with van der Waals surface area (Å²) in [5, 5.41) is 6.97. The number of hydrogen-bond acceptors (Lipinski definition) is 6. The van der Waals surface area contributed by atoms with Gasteiger partial charge in [-0.2, -0.15) is 0 Å². The van der Waals surface area contributed by atoms with E-state index in [0.717, 1.165) is 61.4 Å². The molecular weight excluding hydrogens is 805 g/mol. The first kappa shape index (κ1) is 36.3. The van der Waals surface area contributed by atoms with Crippen LogP contribution in [-0.2, 0) is 0 Å². The molecule has 0 bridgehead atoms. The van der Waals surface area contributed by atoms with Gasteiger partial charge >= 0.3 is 0 Å². The molecule has 0 aliphatic carbocycles. The van der Waals surface area contributed by atoms with E-state index in [1.54, 1.807) is 0 Å². The number of para-hydroxylation sites is 5. The summed E-state index contributed by atoms with van der Waals surface area (Å²) in [5.41, 5.74) is 10.4. The van der Waals surface area contributed by atoms with E-state index in [1.807, 2.05) is 53.8 Å². The van der Waals surface area contributed by atoms with Crippen molar-refractivity contribution in [2.75, 3.05) is 9.80 Å². The number of fused-ring (bicyclic) bond motifs is 9. The maximum Gasteiger partial charge on any atom is 0.172 e. The van der Waals surface area contributed by atoms with Crippen LogP contribution < -0.4 is 19.3 Å². The fourth-order valence-electron chi connectivity index (χ4n) is 9.46. The minimum Gasteiger partial charge on any atom is -0.456 e. The molecule has 302 valence electrons. The Morgan fingerprint density at radius 1 is 0.328 bits per heavy atom. The maximum absolute atomic E-state index is 6.45. The zero-order valence-electron chi connectivity index (χ0n) is 34.3. The maximum atomic E-state index is 6.45. The van der Waals surface area contributed by atoms with E-state index >= 15 is 0 Å². The van der Waals surface area contributed by atoms with Gasteiger partial charge in [0.25, 0.3) is 0 Å². The van der Waals surface area contributed by atoms with Gasteiger partial charge < -0.3 is 23.7 Å². The number of ether oxygens (including phenoxy) is 2. The Morgan fingerprint density at radius 3 is 1.73 bits per heavy atom. The zero-order chi connectivity index (χ0) is 42.1. The molecule has 0 fully saturated rings. The van der Waals surface area contributed by atoms with E-state index in [0.29, 0.717) is 23.0 Å². The van der Waals surface area contributed by atoms with Crippen LogP contribution in [0.15, 0.2) is 223 Å². The fraction of sp³-hybridized carbons (Fsp3) is 0. The van der Waals surface area contributed by atoms with Gasteiger partial charge in [-0.1, -0.05) is 121 Å². The highest BCUT2D eigenvalue weighted by atomic mass is 32.1. The minimum absolute atomic E-state index is 0.676. The van der Waals surface area contributed by atoms with Crippen LogP contribution in [-0.4, -0.2) is 0 Å². The van der Waals surface area contributed by atoms with Crippen molar-refractivity contribution >= 4 is 98.3 Å². The van der Waals surface area contributed by atoms with E-state index in [4.69, 9.17) is 13.9 Å². The van der Waals surface area contributed by atoms with Crippen molar-refractivity contribution in [2.24, 2.45) is 0 Å². The van der Waals surface area contributed by atoms with Crippen LogP contribution in [0, 0.1) is 0 Å². The fourth-order valence-corrected chi connectivity index (χ4v) is 10.7. The second kappa shape index (κ2) is 14.7. The third-order valence-electron chi connectivity index (χ3n) is 12.3. The normalized spacial score (nSPS) is 12.0. The molecule has 0 N–H and O–H groups in total. The lowest BCUT2D eigenvalue weighted by Crippen LogP contribution is -2.11. The van der Waals surface area contributed by atoms with Crippen molar-refractivity contribution in [2.45, 2.75) is 0 Å². The predicted molar refractivity (Wildman–Crippen MR) is 266 cm³/mol. The van der Waals surface area contributed by atoms with Gasteiger partial charge in [0.2, 0.25) is 0 Å². The predicted octanol–water partition coefficient (Wildman–Crippen LogP) is 17.6. The van der Waals surface area contributed by atoms with E-state index in [-0.39, 0.29) is 0 Å². The first-order valence-electron chi connectivity index (χ1n) is 21.4. The molecule has 6 heteroatoms. The molecule has 0 spiro atoms. The Kier molecular flexibility index (Phi) is 8.32. The Hall–Kier alpha value is -8.32. The molecule has 13 rings (SSSR count). The largest absolute Gasteiger partial charge is 0.456 e. The molecule has 0 saturated carbocycles. The second-order valence-electron chi connectivity index (χ2n) is 16.0. The summed E-state index contributed by atoms with van der Waals surface area (Å²) in [5.74, 6) is 2.78. The van der Waals surface area contributed by atoms with Crippen LogP contribution in [0.1, 0.15) is 0 Å². The van der Waals surface area contributed by atoms with Gasteiger partial charge in [-0.05, 0) is 108 Å². The summed E-state index contributed by atoms with van der Waals surface area (Å²) in [6.07, 6.45) is 0. The number of hydrogen-bond donors (Lipinski definition) is 0. The number of rotatable bonds is 7. The number of furan rings is 1. The van der Waals surface area contributed by atoms with Crippen molar-refractivity contribution in [3.05, 3.63) is 218 Å². The van der Waals surface area contributed by atoms with Gasteiger partial charge in [0, 0.05) is 54.8 Å². The molecule has 1 aliphatic rings. The summed E-state index contributed by atoms with van der Waals surface area (Å²) in [7, 11) is 0. The van der Waals surface area contributed by atoms with Crippen molar-refractivity contribution in [3.8, 4) is 34.1 Å². The molecule has 0 radical (unpaired) electrons. The van der Waals surface area contributed by atoms with Crippen molar-refractivity contribution in [1.82, 2.24) is 0 Å². The number of nitrogens with zero attached hydrogens (tertiary/aromatic N) is 2. The lowest BCUT2D eigenvalue weighted by Gasteiger charge is -2.28. The van der Waals surface area contributed by atoms with Crippen LogP contribution in [0.5, 0.6) is 23.0 Å². The molecule has 12 aromatic rings. The van der Waals surface area contributed by atoms with Crippen LogP contribution >= 0.6 is 11.3 Å². The molecule has 0 atom stereocenters. The summed E-state index contributed by atoms with van der Waals surface area (Å²) in [6, 6.07) is 76.8. The second-order valence-corrected chi connectivity index (χ2v) is 17.1. The summed E-state index contributed by atoms with van der Waals surface area (Å²) in [6.45, 7) is 0. The van der Waals surface area contributed by atoms with Crippen LogP contribution in [0.4, 0.5) is 34.1 Å². The molecule has 0 amide bonds. The Labute approximate surface area is 372 Å². The van der Waals surface area contributed by atoms with Gasteiger partial charge in [0.15, 0.2) is 23.0 Å². The van der Waals surface area contributed by atoms with Gasteiger partial charge in [-0.25, -0.2) is 0 Å². The number of anilines is 6. The molecule has 10 aromatic carbocycles. The topological polar surface area (TPSA) is 38.1 Å². The standard InChI is InChI=1S/C58H36N2O3S/c1-3-15-37(16-4-1)59(39-29-33-51-47(35-39)44-19-7-9-25-50(44)61-51)48-24-14-22-41-42(21-13-23-43(41)48)45-31-32-49(58-57(45)46-20-8-12-28-56(46)64-58)60(38-17-5-2-6-18-38)40-30-34-54-55(36-40)63-53-27-11-10-26-52(53)62-54/h1-36H. The molecule has 0 unspecified atom stereocenters. The highest BCUT2D eigenvalue weighted by molar-refractivity contribution is 7.26. The quantitative estimate of drug-likeness (QED) is 0.160. The average molecular weight is 841 g/mol. The molecule has 0 saturated heterocycles. The first-order valence-corrected chi connectivity index (χ1v) is 22.2. The van der Waals surface area contributed by atoms with Gasteiger partial charge in [-0.3, -0.25) is 0 Å². The van der Waals surface area contributed by atoms with Gasteiger partial charge in [-0.15, -0.1) is 11.3 Å². The SMILES string of the molecule is c1ccc(N(c2ccc3oc4ccccc4c3c2)c2cccc3c(-c4ccc(N(c5ccccc5)c5ccc6c(c5)Oc5ccccc5O6)c5sc6ccccc6c45)cccc23)cc1. The summed E-state index contributed by atoms with van der Waals surface area (Å²) >= 11 is 1.83. The highest BCUT2D eigenvalue weighted by Gasteiger charge is 2.25. The van der Waals surface area contributed by atoms with Crippen molar-refractivity contribution in [1.29, 1.82) is 0 Å². The Bertz CT molecular complexity index is 3760.